The highest BCUT2D eigenvalue weighted by atomic mass is 16.5. The smallest absolute Gasteiger partial charge is 0.414 e. The number of aryl methyl sites for hydroxylation is 1. The van der Waals surface area contributed by atoms with Crippen LogP contribution in [0.3, 0.4) is 0 Å². The molecule has 1 aliphatic carbocycles. The topological polar surface area (TPSA) is 84.7 Å². The van der Waals surface area contributed by atoms with Crippen molar-refractivity contribution in [3.8, 4) is 0 Å². The predicted octanol–water partition coefficient (Wildman–Crippen LogP) is 6.50. The van der Waals surface area contributed by atoms with Gasteiger partial charge in [-0.3, -0.25) is 9.69 Å². The average molecular weight is 504 g/mol. The fraction of sp³-hybridized carbons (Fsp3) is 0.500. The third-order valence-electron chi connectivity index (χ3n) is 8.54. The first kappa shape index (κ1) is 25.3. The van der Waals surface area contributed by atoms with Crippen LogP contribution in [0.1, 0.15) is 81.3 Å². The maximum atomic E-state index is 12.6. The Labute approximate surface area is 218 Å². The number of fused-ring (bicyclic) bond motifs is 3. The SMILES string of the molecule is CCC1CCC(n2c(CC(C(=O)O)c3ccccc3)nc3c4c(ccc32)N(C(=O)OC)[C@@H](C)CC4)CC1. The van der Waals surface area contributed by atoms with Crippen LogP contribution < -0.4 is 4.90 Å². The molecule has 2 atom stereocenters. The molecule has 1 fully saturated rings. The van der Waals surface area contributed by atoms with Gasteiger partial charge in [0, 0.05) is 24.1 Å². The number of imidazole rings is 1. The van der Waals surface area contributed by atoms with E-state index in [0.717, 1.165) is 65.3 Å². The van der Waals surface area contributed by atoms with E-state index >= 15 is 0 Å². The Bertz CT molecular complexity index is 1280. The third-order valence-corrected chi connectivity index (χ3v) is 8.54. The molecule has 1 aromatic heterocycles. The molecule has 37 heavy (non-hydrogen) atoms. The fourth-order valence-electron chi connectivity index (χ4n) is 6.40. The maximum Gasteiger partial charge on any atom is 0.414 e. The number of nitrogens with zero attached hydrogens (tertiary/aromatic N) is 3. The van der Waals surface area contributed by atoms with E-state index < -0.39 is 11.9 Å². The Balaban J connectivity index is 1.63. The van der Waals surface area contributed by atoms with Gasteiger partial charge in [0.25, 0.3) is 0 Å². The number of benzene rings is 2. The van der Waals surface area contributed by atoms with E-state index in [4.69, 9.17) is 9.72 Å². The van der Waals surface area contributed by atoms with Gasteiger partial charge in [-0.05, 0) is 69.1 Å². The average Bonchev–Trinajstić information content (AvgIpc) is 3.30. The van der Waals surface area contributed by atoms with E-state index in [1.165, 1.54) is 26.4 Å². The van der Waals surface area contributed by atoms with Crippen LogP contribution in [0.4, 0.5) is 10.5 Å². The largest absolute Gasteiger partial charge is 0.481 e. The Morgan fingerprint density at radius 2 is 1.81 bits per heavy atom. The first-order chi connectivity index (χ1) is 17.9. The van der Waals surface area contributed by atoms with Crippen LogP contribution in [0.2, 0.25) is 0 Å². The number of aromatic nitrogens is 2. The van der Waals surface area contributed by atoms with E-state index in [1.54, 1.807) is 4.90 Å². The van der Waals surface area contributed by atoms with Crippen LogP contribution in [-0.4, -0.2) is 39.9 Å². The van der Waals surface area contributed by atoms with E-state index in [2.05, 4.69) is 17.6 Å². The normalized spacial score (nSPS) is 22.5. The number of anilines is 1. The van der Waals surface area contributed by atoms with Crippen LogP contribution in [0.15, 0.2) is 42.5 Å². The van der Waals surface area contributed by atoms with Crippen molar-refractivity contribution in [2.75, 3.05) is 12.0 Å². The molecule has 1 N–H and O–H groups in total. The highest BCUT2D eigenvalue weighted by molar-refractivity contribution is 5.95. The van der Waals surface area contributed by atoms with Gasteiger partial charge in [-0.2, -0.15) is 0 Å². The second kappa shape index (κ2) is 10.6. The Morgan fingerprint density at radius 3 is 2.46 bits per heavy atom. The molecule has 7 heteroatoms. The van der Waals surface area contributed by atoms with E-state index in [9.17, 15) is 14.7 Å². The summed E-state index contributed by atoms with van der Waals surface area (Å²) in [6.07, 6.45) is 7.32. The summed E-state index contributed by atoms with van der Waals surface area (Å²) in [5.41, 5.74) is 4.63. The molecule has 0 spiro atoms. The summed E-state index contributed by atoms with van der Waals surface area (Å²) in [5.74, 6) is 0.0645. The van der Waals surface area contributed by atoms with Gasteiger partial charge in [-0.25, -0.2) is 9.78 Å². The van der Waals surface area contributed by atoms with Crippen LogP contribution in [0.5, 0.6) is 0 Å². The Hall–Kier alpha value is -3.35. The number of methoxy groups -OCH3 is 1. The molecule has 1 amide bonds. The van der Waals surface area contributed by atoms with Gasteiger partial charge in [0.05, 0.1) is 29.7 Å². The predicted molar refractivity (Wildman–Crippen MR) is 144 cm³/mol. The van der Waals surface area contributed by atoms with Gasteiger partial charge in [0.15, 0.2) is 0 Å². The second-order valence-electron chi connectivity index (χ2n) is 10.6. The molecule has 1 aliphatic heterocycles. The van der Waals surface area contributed by atoms with Crippen molar-refractivity contribution in [2.24, 2.45) is 5.92 Å². The highest BCUT2D eigenvalue weighted by Gasteiger charge is 2.34. The van der Waals surface area contributed by atoms with Gasteiger partial charge < -0.3 is 14.4 Å². The molecular weight excluding hydrogens is 466 g/mol. The molecule has 0 radical (unpaired) electrons. The number of rotatable bonds is 6. The first-order valence-corrected chi connectivity index (χ1v) is 13.6. The number of aliphatic carboxylic acids is 1. The van der Waals surface area contributed by atoms with Gasteiger partial charge in [0.1, 0.15) is 5.82 Å². The minimum absolute atomic E-state index is 0.0396. The Morgan fingerprint density at radius 1 is 1.08 bits per heavy atom. The number of amides is 1. The number of carbonyl (C=O) groups excluding carboxylic acids is 1. The second-order valence-corrected chi connectivity index (χ2v) is 10.6. The molecule has 0 bridgehead atoms. The van der Waals surface area contributed by atoms with Crippen LogP contribution in [0, 0.1) is 5.92 Å². The van der Waals surface area contributed by atoms with Crippen molar-refractivity contribution in [3.63, 3.8) is 0 Å². The molecule has 3 aromatic rings. The molecule has 1 unspecified atom stereocenters. The van der Waals surface area contributed by atoms with E-state index in [0.29, 0.717) is 12.5 Å². The minimum Gasteiger partial charge on any atom is -0.481 e. The lowest BCUT2D eigenvalue weighted by molar-refractivity contribution is -0.138. The molecule has 196 valence electrons. The van der Waals surface area contributed by atoms with Crippen molar-refractivity contribution in [3.05, 3.63) is 59.4 Å². The van der Waals surface area contributed by atoms with E-state index in [-0.39, 0.29) is 12.1 Å². The van der Waals surface area contributed by atoms with Crippen LogP contribution >= 0.6 is 0 Å². The lowest BCUT2D eigenvalue weighted by Gasteiger charge is -2.34. The van der Waals surface area contributed by atoms with Crippen molar-refractivity contribution < 1.29 is 19.4 Å². The molecule has 2 aromatic carbocycles. The van der Waals surface area contributed by atoms with Crippen molar-refractivity contribution in [1.82, 2.24) is 9.55 Å². The monoisotopic (exact) mass is 503 g/mol. The quantitative estimate of drug-likeness (QED) is 0.415. The summed E-state index contributed by atoms with van der Waals surface area (Å²) in [6, 6.07) is 13.9. The van der Waals surface area contributed by atoms with Gasteiger partial charge >= 0.3 is 12.1 Å². The number of carboxylic acid groups (broad SMARTS) is 1. The van der Waals surface area contributed by atoms with E-state index in [1.807, 2.05) is 43.3 Å². The number of carboxylic acids is 1. The first-order valence-electron chi connectivity index (χ1n) is 13.6. The molecular formula is C30H37N3O4. The summed E-state index contributed by atoms with van der Waals surface area (Å²) in [4.78, 5) is 31.9. The van der Waals surface area contributed by atoms with Crippen molar-refractivity contribution >= 4 is 28.8 Å². The molecule has 2 heterocycles. The standard InChI is InChI=1S/C30H37N3O4/c1-4-20-11-13-22(14-12-20)33-26-17-16-25-23(15-10-19(2)32(25)30(36)37-3)28(26)31-27(33)18-24(29(34)35)21-8-6-5-7-9-21/h5-9,16-17,19-20,22,24H,4,10-15,18H2,1-3H3,(H,34,35)/t19-,20?,22?,24?/m0/s1. The van der Waals surface area contributed by atoms with Crippen LogP contribution in [-0.2, 0) is 22.4 Å². The van der Waals surface area contributed by atoms with Crippen LogP contribution in [0.25, 0.3) is 11.0 Å². The lowest BCUT2D eigenvalue weighted by atomic mass is 9.84. The zero-order chi connectivity index (χ0) is 26.1. The molecule has 1 saturated carbocycles. The number of ether oxygens (including phenoxy) is 1. The summed E-state index contributed by atoms with van der Waals surface area (Å²) in [6.45, 7) is 4.30. The Kier molecular flexibility index (Phi) is 7.22. The van der Waals surface area contributed by atoms with Gasteiger partial charge in [-0.1, -0.05) is 43.7 Å². The number of hydrogen-bond acceptors (Lipinski definition) is 4. The van der Waals surface area contributed by atoms with Crippen molar-refractivity contribution in [1.29, 1.82) is 0 Å². The molecule has 5 rings (SSSR count). The fourth-order valence-corrected chi connectivity index (χ4v) is 6.40. The summed E-state index contributed by atoms with van der Waals surface area (Å²) < 4.78 is 7.43. The number of carbonyl (C=O) groups is 2. The summed E-state index contributed by atoms with van der Waals surface area (Å²) in [5, 5.41) is 10.2. The molecule has 2 aliphatic rings. The summed E-state index contributed by atoms with van der Waals surface area (Å²) >= 11 is 0. The maximum absolute atomic E-state index is 12.6. The molecule has 0 saturated heterocycles. The zero-order valence-corrected chi connectivity index (χ0v) is 22.0. The zero-order valence-electron chi connectivity index (χ0n) is 22.0. The van der Waals surface area contributed by atoms with Gasteiger partial charge in [-0.15, -0.1) is 0 Å². The third kappa shape index (κ3) is 4.72. The minimum atomic E-state index is -0.841. The molecule has 7 nitrogen and oxygen atoms in total. The summed E-state index contributed by atoms with van der Waals surface area (Å²) in [7, 11) is 1.41. The number of hydrogen-bond donors (Lipinski definition) is 1. The van der Waals surface area contributed by atoms with Gasteiger partial charge in [0.2, 0.25) is 0 Å². The lowest BCUT2D eigenvalue weighted by Crippen LogP contribution is -2.42. The highest BCUT2D eigenvalue weighted by Crippen LogP contribution is 2.41. The van der Waals surface area contributed by atoms with Crippen molar-refractivity contribution in [2.45, 2.75) is 83.2 Å².